The normalized spacial score (nSPS) is 22.5. The topological polar surface area (TPSA) is 112 Å². The minimum atomic E-state index is -3.55. The molecule has 3 rings (SSSR count). The standard InChI is InChI=1S/C23H33NO6S/c25-20-16-31(29,30)21(10-6-1-2-7-11-22(26)27)24(20)19-14-12-18(13-15-19)23(28)17-8-4-3-5-9-17/h12-15,17,21,23,28H,1-11,16H2,(H,26,27). The number of carbonyl (C=O) groups excluding carboxylic acids is 1. The number of unbranched alkanes of at least 4 members (excludes halogenated alkanes) is 3. The number of carboxylic acid groups (broad SMARTS) is 1. The average molecular weight is 452 g/mol. The summed E-state index contributed by atoms with van der Waals surface area (Å²) in [6.07, 6.45) is 8.08. The lowest BCUT2D eigenvalue weighted by molar-refractivity contribution is -0.137. The van der Waals surface area contributed by atoms with Gasteiger partial charge in [0.15, 0.2) is 9.84 Å². The van der Waals surface area contributed by atoms with Crippen molar-refractivity contribution in [3.63, 3.8) is 0 Å². The van der Waals surface area contributed by atoms with Gasteiger partial charge in [-0.15, -0.1) is 0 Å². The van der Waals surface area contributed by atoms with Crippen LogP contribution in [0.5, 0.6) is 0 Å². The van der Waals surface area contributed by atoms with E-state index in [1.165, 1.54) is 11.3 Å². The number of sulfone groups is 1. The van der Waals surface area contributed by atoms with Crippen LogP contribution in [-0.2, 0) is 19.4 Å². The molecule has 8 heteroatoms. The van der Waals surface area contributed by atoms with E-state index in [1.807, 2.05) is 0 Å². The van der Waals surface area contributed by atoms with E-state index in [0.717, 1.165) is 44.1 Å². The number of aliphatic hydroxyl groups excluding tert-OH is 1. The molecule has 1 heterocycles. The van der Waals surface area contributed by atoms with E-state index in [2.05, 4.69) is 0 Å². The number of rotatable bonds is 10. The van der Waals surface area contributed by atoms with Crippen LogP contribution in [0.2, 0.25) is 0 Å². The molecule has 31 heavy (non-hydrogen) atoms. The molecule has 172 valence electrons. The highest BCUT2D eigenvalue weighted by molar-refractivity contribution is 7.93. The van der Waals surface area contributed by atoms with Crippen LogP contribution >= 0.6 is 0 Å². The predicted molar refractivity (Wildman–Crippen MR) is 118 cm³/mol. The van der Waals surface area contributed by atoms with Gasteiger partial charge < -0.3 is 10.2 Å². The lowest BCUT2D eigenvalue weighted by Crippen LogP contribution is -2.35. The van der Waals surface area contributed by atoms with E-state index in [1.54, 1.807) is 24.3 Å². The Hall–Kier alpha value is -1.93. The summed E-state index contributed by atoms with van der Waals surface area (Å²) in [5.74, 6) is -1.48. The summed E-state index contributed by atoms with van der Waals surface area (Å²) in [6, 6.07) is 7.07. The van der Waals surface area contributed by atoms with Crippen molar-refractivity contribution in [2.75, 3.05) is 10.7 Å². The minimum Gasteiger partial charge on any atom is -0.481 e. The monoisotopic (exact) mass is 451 g/mol. The molecule has 0 spiro atoms. The molecule has 2 fully saturated rings. The first-order valence-corrected chi connectivity index (χ1v) is 13.0. The van der Waals surface area contributed by atoms with E-state index in [-0.39, 0.29) is 12.3 Å². The van der Waals surface area contributed by atoms with Crippen molar-refractivity contribution >= 4 is 27.4 Å². The van der Waals surface area contributed by atoms with Crippen molar-refractivity contribution in [1.29, 1.82) is 0 Å². The Morgan fingerprint density at radius 1 is 1.03 bits per heavy atom. The number of benzene rings is 1. The zero-order valence-corrected chi connectivity index (χ0v) is 18.7. The summed E-state index contributed by atoms with van der Waals surface area (Å²) in [7, 11) is -3.55. The average Bonchev–Trinajstić information content (AvgIpc) is 2.98. The number of amides is 1. The van der Waals surface area contributed by atoms with Gasteiger partial charge >= 0.3 is 5.97 Å². The summed E-state index contributed by atoms with van der Waals surface area (Å²) >= 11 is 0. The van der Waals surface area contributed by atoms with Gasteiger partial charge in [-0.05, 0) is 49.3 Å². The molecule has 0 bridgehead atoms. The second-order valence-electron chi connectivity index (χ2n) is 8.81. The summed E-state index contributed by atoms with van der Waals surface area (Å²) in [5, 5.41) is 18.5. The lowest BCUT2D eigenvalue weighted by atomic mass is 9.83. The Morgan fingerprint density at radius 3 is 2.32 bits per heavy atom. The van der Waals surface area contributed by atoms with Crippen LogP contribution in [0.15, 0.2) is 24.3 Å². The third-order valence-corrected chi connectivity index (χ3v) is 8.42. The molecule has 1 amide bonds. The predicted octanol–water partition coefficient (Wildman–Crippen LogP) is 3.81. The number of aliphatic hydroxyl groups is 1. The van der Waals surface area contributed by atoms with E-state index in [0.29, 0.717) is 24.9 Å². The van der Waals surface area contributed by atoms with Crippen LogP contribution in [0.4, 0.5) is 5.69 Å². The van der Waals surface area contributed by atoms with Crippen molar-refractivity contribution in [3.8, 4) is 0 Å². The molecule has 0 aromatic heterocycles. The first-order chi connectivity index (χ1) is 14.8. The zero-order valence-electron chi connectivity index (χ0n) is 17.9. The van der Waals surface area contributed by atoms with Crippen molar-refractivity contribution in [2.24, 2.45) is 5.92 Å². The fourth-order valence-electron chi connectivity index (χ4n) is 4.78. The molecular formula is C23H33NO6S. The van der Waals surface area contributed by atoms with Crippen LogP contribution in [-0.4, -0.2) is 41.6 Å². The van der Waals surface area contributed by atoms with Gasteiger partial charge in [0, 0.05) is 12.1 Å². The van der Waals surface area contributed by atoms with Gasteiger partial charge in [0.2, 0.25) is 5.91 Å². The SMILES string of the molecule is O=C(O)CCCCCCC1N(c2ccc(C(O)C3CCCCC3)cc2)C(=O)CS1(=O)=O. The molecular weight excluding hydrogens is 418 g/mol. The molecule has 2 N–H and O–H groups in total. The van der Waals surface area contributed by atoms with Crippen LogP contribution in [0.1, 0.15) is 82.3 Å². The number of hydrogen-bond donors (Lipinski definition) is 2. The van der Waals surface area contributed by atoms with Crippen molar-refractivity contribution in [3.05, 3.63) is 29.8 Å². The highest BCUT2D eigenvalue weighted by atomic mass is 32.2. The van der Waals surface area contributed by atoms with E-state index >= 15 is 0 Å². The highest BCUT2D eigenvalue weighted by Gasteiger charge is 2.44. The van der Waals surface area contributed by atoms with Crippen molar-refractivity contribution in [2.45, 2.75) is 82.1 Å². The Bertz CT molecular complexity index is 861. The number of carboxylic acids is 1. The van der Waals surface area contributed by atoms with E-state index < -0.39 is 38.9 Å². The minimum absolute atomic E-state index is 0.116. The maximum absolute atomic E-state index is 12.6. The Labute approximate surface area is 184 Å². The zero-order chi connectivity index (χ0) is 22.4. The lowest BCUT2D eigenvalue weighted by Gasteiger charge is -2.28. The van der Waals surface area contributed by atoms with Crippen molar-refractivity contribution in [1.82, 2.24) is 0 Å². The fourth-order valence-corrected chi connectivity index (χ4v) is 6.54. The number of aliphatic carboxylic acids is 1. The first kappa shape index (κ1) is 23.7. The molecule has 1 saturated carbocycles. The van der Waals surface area contributed by atoms with Crippen LogP contribution in [0.25, 0.3) is 0 Å². The largest absolute Gasteiger partial charge is 0.481 e. The molecule has 0 radical (unpaired) electrons. The Balaban J connectivity index is 1.64. The van der Waals surface area contributed by atoms with Gasteiger partial charge in [0.25, 0.3) is 0 Å². The molecule has 2 aliphatic rings. The summed E-state index contributed by atoms with van der Waals surface area (Å²) in [6.45, 7) is 0. The molecule has 1 saturated heterocycles. The molecule has 1 aromatic carbocycles. The van der Waals surface area contributed by atoms with Gasteiger partial charge in [0.05, 0.1) is 6.10 Å². The third-order valence-electron chi connectivity index (χ3n) is 6.50. The van der Waals surface area contributed by atoms with Gasteiger partial charge in [-0.2, -0.15) is 0 Å². The summed E-state index contributed by atoms with van der Waals surface area (Å²) < 4.78 is 25.1. The smallest absolute Gasteiger partial charge is 0.303 e. The van der Waals surface area contributed by atoms with Crippen LogP contribution in [0, 0.1) is 5.92 Å². The number of anilines is 1. The summed E-state index contributed by atoms with van der Waals surface area (Å²) in [4.78, 5) is 24.5. The second-order valence-corrected chi connectivity index (χ2v) is 11.0. The van der Waals surface area contributed by atoms with Crippen molar-refractivity contribution < 1.29 is 28.2 Å². The number of nitrogens with zero attached hydrogens (tertiary/aromatic N) is 1. The Kier molecular flexibility index (Phi) is 8.11. The fraction of sp³-hybridized carbons (Fsp3) is 0.652. The number of carbonyl (C=O) groups is 2. The molecule has 1 aliphatic carbocycles. The van der Waals surface area contributed by atoms with Gasteiger partial charge in [-0.25, -0.2) is 8.42 Å². The molecule has 2 unspecified atom stereocenters. The summed E-state index contributed by atoms with van der Waals surface area (Å²) in [5.41, 5.74) is 1.35. The van der Waals surface area contributed by atoms with Crippen LogP contribution in [0.3, 0.4) is 0 Å². The molecule has 1 aliphatic heterocycles. The quantitative estimate of drug-likeness (QED) is 0.523. The highest BCUT2D eigenvalue weighted by Crippen LogP contribution is 2.36. The van der Waals surface area contributed by atoms with E-state index in [4.69, 9.17) is 5.11 Å². The maximum Gasteiger partial charge on any atom is 0.303 e. The molecule has 2 atom stereocenters. The van der Waals surface area contributed by atoms with E-state index in [9.17, 15) is 23.1 Å². The van der Waals surface area contributed by atoms with Gasteiger partial charge in [-0.1, -0.05) is 50.7 Å². The molecule has 1 aromatic rings. The number of hydrogen-bond acceptors (Lipinski definition) is 5. The third kappa shape index (κ3) is 6.07. The van der Waals surface area contributed by atoms with Gasteiger partial charge in [0.1, 0.15) is 11.1 Å². The van der Waals surface area contributed by atoms with Gasteiger partial charge in [-0.3, -0.25) is 14.5 Å². The first-order valence-electron chi connectivity index (χ1n) is 11.3. The Morgan fingerprint density at radius 2 is 1.68 bits per heavy atom. The van der Waals surface area contributed by atoms with Crippen LogP contribution < -0.4 is 4.90 Å². The molecule has 7 nitrogen and oxygen atoms in total. The second kappa shape index (κ2) is 10.6. The maximum atomic E-state index is 12.6.